The van der Waals surface area contributed by atoms with E-state index in [0.29, 0.717) is 23.8 Å². The van der Waals surface area contributed by atoms with Gasteiger partial charge >= 0.3 is 6.18 Å². The first-order chi connectivity index (χ1) is 9.90. The smallest absolute Gasteiger partial charge is 0.370 e. The van der Waals surface area contributed by atoms with Crippen molar-refractivity contribution in [2.75, 3.05) is 17.6 Å². The number of aliphatic imine (C=N–C) groups is 1. The van der Waals surface area contributed by atoms with Crippen LogP contribution >= 0.6 is 11.8 Å². The van der Waals surface area contributed by atoms with Gasteiger partial charge in [0.2, 0.25) is 0 Å². The molecule has 0 spiro atoms. The molecule has 10 heteroatoms. The molecule has 114 valence electrons. The Labute approximate surface area is 123 Å². The molecule has 0 radical (unpaired) electrons. The molecule has 0 aliphatic heterocycles. The molecule has 1 rings (SSSR count). The number of nitrogens with two attached hydrogens (primary N) is 1. The number of unbranched alkanes of at least 4 members (excludes halogenated alkanes) is 1. The van der Waals surface area contributed by atoms with Crippen molar-refractivity contribution in [1.29, 1.82) is 5.26 Å². The zero-order valence-electron chi connectivity index (χ0n) is 10.9. The first kappa shape index (κ1) is 17.0. The van der Waals surface area contributed by atoms with Crippen LogP contribution in [0.1, 0.15) is 12.8 Å². The van der Waals surface area contributed by atoms with Gasteiger partial charge in [0.1, 0.15) is 12.4 Å². The van der Waals surface area contributed by atoms with Gasteiger partial charge < -0.3 is 11.1 Å². The number of guanidine groups is 1. The van der Waals surface area contributed by atoms with Gasteiger partial charge in [0, 0.05) is 18.4 Å². The van der Waals surface area contributed by atoms with E-state index in [9.17, 15) is 13.2 Å². The Kier molecular flexibility index (Phi) is 6.74. The van der Waals surface area contributed by atoms with Gasteiger partial charge in [0.05, 0.1) is 6.07 Å². The first-order valence-electron chi connectivity index (χ1n) is 5.87. The van der Waals surface area contributed by atoms with Gasteiger partial charge in [-0.15, -0.1) is 0 Å². The van der Waals surface area contributed by atoms with E-state index in [2.05, 4.69) is 20.3 Å². The summed E-state index contributed by atoms with van der Waals surface area (Å²) < 4.78 is 35.9. The number of hydrogen-bond acceptors (Lipinski definition) is 5. The second-order valence-corrected chi connectivity index (χ2v) is 4.84. The van der Waals surface area contributed by atoms with Crippen LogP contribution in [0.3, 0.4) is 0 Å². The van der Waals surface area contributed by atoms with Crippen LogP contribution in [0.15, 0.2) is 22.4 Å². The van der Waals surface area contributed by atoms with Crippen molar-refractivity contribution in [1.82, 2.24) is 9.97 Å². The molecule has 0 saturated heterocycles. The van der Waals surface area contributed by atoms with Crippen LogP contribution in [0.5, 0.6) is 0 Å². The molecule has 0 fully saturated rings. The fourth-order valence-corrected chi connectivity index (χ4v) is 1.91. The minimum atomic E-state index is -4.40. The highest BCUT2D eigenvalue weighted by molar-refractivity contribution is 7.99. The van der Waals surface area contributed by atoms with Crippen molar-refractivity contribution < 1.29 is 13.2 Å². The van der Waals surface area contributed by atoms with E-state index in [1.807, 2.05) is 6.07 Å². The molecule has 3 N–H and O–H groups in total. The van der Waals surface area contributed by atoms with Crippen molar-refractivity contribution in [2.45, 2.75) is 24.2 Å². The fourth-order valence-electron chi connectivity index (χ4n) is 1.14. The number of nitrogens with zero attached hydrogens (tertiary/aromatic N) is 4. The summed E-state index contributed by atoms with van der Waals surface area (Å²) in [6.45, 7) is -1.35. The predicted octanol–water partition coefficient (Wildman–Crippen LogP) is 2.16. The first-order valence-corrected chi connectivity index (χ1v) is 6.86. The van der Waals surface area contributed by atoms with E-state index in [0.717, 1.165) is 0 Å². The Morgan fingerprint density at radius 1 is 1.52 bits per heavy atom. The number of nitrogens with one attached hydrogen (secondary N) is 1. The van der Waals surface area contributed by atoms with Gasteiger partial charge in [-0.1, -0.05) is 11.8 Å². The van der Waals surface area contributed by atoms with Crippen LogP contribution in [0.2, 0.25) is 0 Å². The molecule has 1 heterocycles. The van der Waals surface area contributed by atoms with Crippen LogP contribution in [0.25, 0.3) is 0 Å². The van der Waals surface area contributed by atoms with Crippen LogP contribution in [-0.2, 0) is 0 Å². The van der Waals surface area contributed by atoms with Crippen LogP contribution in [0.4, 0.5) is 19.0 Å². The monoisotopic (exact) mass is 318 g/mol. The predicted molar refractivity (Wildman–Crippen MR) is 73.8 cm³/mol. The summed E-state index contributed by atoms with van der Waals surface area (Å²) in [7, 11) is 0. The highest BCUT2D eigenvalue weighted by Crippen LogP contribution is 2.16. The molecule has 1 aromatic rings. The normalized spacial score (nSPS) is 12.0. The second-order valence-electron chi connectivity index (χ2n) is 3.78. The summed E-state index contributed by atoms with van der Waals surface area (Å²) >= 11 is 1.35. The van der Waals surface area contributed by atoms with Crippen LogP contribution in [-0.4, -0.2) is 34.4 Å². The standard InChI is InChI=1S/C11H13F3N6S/c12-11(13,14)7-18-9(16)19-8-3-5-17-10(20-8)21-6-2-1-4-15/h3,5H,1-2,6-7H2,(H3,16,17,18,19,20). The van der Waals surface area contributed by atoms with Crippen LogP contribution in [0, 0.1) is 11.3 Å². The van der Waals surface area contributed by atoms with Gasteiger partial charge in [-0.05, 0) is 12.5 Å². The molecule has 6 nitrogen and oxygen atoms in total. The number of halogens is 3. The van der Waals surface area contributed by atoms with Gasteiger partial charge in [0.15, 0.2) is 11.1 Å². The molecule has 0 atom stereocenters. The largest absolute Gasteiger partial charge is 0.408 e. The number of rotatable bonds is 6. The molecule has 0 amide bonds. The molecule has 0 aromatic carbocycles. The molecular weight excluding hydrogens is 305 g/mol. The van der Waals surface area contributed by atoms with E-state index in [4.69, 9.17) is 11.0 Å². The third-order valence-corrected chi connectivity index (χ3v) is 2.93. The van der Waals surface area contributed by atoms with Gasteiger partial charge in [-0.25, -0.2) is 15.0 Å². The SMILES string of the molecule is N#CCCCSc1nccc(NC(N)=NCC(F)(F)F)n1. The maximum Gasteiger partial charge on any atom is 0.408 e. The van der Waals surface area contributed by atoms with E-state index < -0.39 is 12.7 Å². The Morgan fingerprint density at radius 2 is 2.29 bits per heavy atom. The third kappa shape index (κ3) is 7.98. The van der Waals surface area contributed by atoms with Crippen molar-refractivity contribution >= 4 is 23.5 Å². The van der Waals surface area contributed by atoms with E-state index in [1.165, 1.54) is 24.0 Å². The Morgan fingerprint density at radius 3 is 2.95 bits per heavy atom. The molecule has 0 aliphatic carbocycles. The summed E-state index contributed by atoms with van der Waals surface area (Å²) in [5, 5.41) is 11.3. The Hall–Kier alpha value is -2.02. The quantitative estimate of drug-likeness (QED) is 0.274. The maximum absolute atomic E-state index is 12.0. The summed E-state index contributed by atoms with van der Waals surface area (Å²) in [5.74, 6) is 0.567. The van der Waals surface area contributed by atoms with E-state index >= 15 is 0 Å². The lowest BCUT2D eigenvalue weighted by Crippen LogP contribution is -2.26. The topological polar surface area (TPSA) is 100.0 Å². The van der Waals surface area contributed by atoms with Crippen molar-refractivity contribution in [3.63, 3.8) is 0 Å². The minimum Gasteiger partial charge on any atom is -0.370 e. The molecule has 0 aliphatic rings. The van der Waals surface area contributed by atoms with Gasteiger partial charge in [0.25, 0.3) is 0 Å². The third-order valence-electron chi connectivity index (χ3n) is 1.98. The van der Waals surface area contributed by atoms with Gasteiger partial charge in [-0.2, -0.15) is 18.4 Å². The number of alkyl halides is 3. The van der Waals surface area contributed by atoms with E-state index in [1.54, 1.807) is 0 Å². The molecular formula is C11H13F3N6S. The molecule has 0 saturated carbocycles. The lowest BCUT2D eigenvalue weighted by molar-refractivity contribution is -0.118. The summed E-state index contributed by atoms with van der Waals surface area (Å²) in [6.07, 6.45) is -1.79. The van der Waals surface area contributed by atoms with E-state index in [-0.39, 0.29) is 11.8 Å². The lowest BCUT2D eigenvalue weighted by atomic mass is 10.4. The Bertz CT molecular complexity index is 525. The molecule has 0 bridgehead atoms. The summed E-state index contributed by atoms with van der Waals surface area (Å²) in [5.41, 5.74) is 5.34. The average molecular weight is 318 g/mol. The number of aromatic nitrogens is 2. The Balaban J connectivity index is 2.54. The fraction of sp³-hybridized carbons (Fsp3) is 0.455. The molecule has 21 heavy (non-hydrogen) atoms. The minimum absolute atomic E-state index is 0.260. The molecule has 1 aromatic heterocycles. The summed E-state index contributed by atoms with van der Waals surface area (Å²) in [4.78, 5) is 11.2. The highest BCUT2D eigenvalue weighted by atomic mass is 32.2. The summed E-state index contributed by atoms with van der Waals surface area (Å²) in [6, 6.07) is 3.49. The number of anilines is 1. The maximum atomic E-state index is 12.0. The highest BCUT2D eigenvalue weighted by Gasteiger charge is 2.26. The second kappa shape index (κ2) is 8.31. The van der Waals surface area contributed by atoms with Crippen LogP contribution < -0.4 is 11.1 Å². The van der Waals surface area contributed by atoms with Gasteiger partial charge in [-0.3, -0.25) is 0 Å². The molecule has 0 unspecified atom stereocenters. The van der Waals surface area contributed by atoms with Crippen molar-refractivity contribution in [3.05, 3.63) is 12.3 Å². The number of hydrogen-bond donors (Lipinski definition) is 2. The van der Waals surface area contributed by atoms with Crippen molar-refractivity contribution in [3.8, 4) is 6.07 Å². The number of thioether (sulfide) groups is 1. The zero-order valence-corrected chi connectivity index (χ0v) is 11.7. The van der Waals surface area contributed by atoms with Crippen molar-refractivity contribution in [2.24, 2.45) is 10.7 Å². The number of nitriles is 1. The zero-order chi connectivity index (χ0) is 15.7. The lowest BCUT2D eigenvalue weighted by Gasteiger charge is -2.07. The average Bonchev–Trinajstić information content (AvgIpc) is 2.41.